The van der Waals surface area contributed by atoms with Gasteiger partial charge in [-0.25, -0.2) is 0 Å². The van der Waals surface area contributed by atoms with E-state index in [1.807, 2.05) is 0 Å². The Balaban J connectivity index is 2.24. The lowest BCUT2D eigenvalue weighted by Gasteiger charge is -2.21. The first-order chi connectivity index (χ1) is 7.69. The van der Waals surface area contributed by atoms with E-state index in [-0.39, 0.29) is 5.91 Å². The summed E-state index contributed by atoms with van der Waals surface area (Å²) in [6.45, 7) is 8.31. The molecule has 3 heteroatoms. The van der Waals surface area contributed by atoms with Crippen molar-refractivity contribution in [2.75, 3.05) is 13.1 Å². The summed E-state index contributed by atoms with van der Waals surface area (Å²) in [5, 5.41) is 6.35. The first-order valence-corrected chi connectivity index (χ1v) is 6.69. The number of hydrogen-bond acceptors (Lipinski definition) is 2. The summed E-state index contributed by atoms with van der Waals surface area (Å²) < 4.78 is 0. The van der Waals surface area contributed by atoms with Crippen molar-refractivity contribution in [1.29, 1.82) is 0 Å². The molecule has 0 aromatic rings. The van der Waals surface area contributed by atoms with Crippen molar-refractivity contribution in [2.24, 2.45) is 11.8 Å². The first-order valence-electron chi connectivity index (χ1n) is 6.69. The van der Waals surface area contributed by atoms with E-state index in [1.165, 1.54) is 12.8 Å². The van der Waals surface area contributed by atoms with Crippen molar-refractivity contribution >= 4 is 5.91 Å². The highest BCUT2D eigenvalue weighted by atomic mass is 16.1. The van der Waals surface area contributed by atoms with Crippen LogP contribution in [0.5, 0.6) is 0 Å². The van der Waals surface area contributed by atoms with Crippen LogP contribution >= 0.6 is 0 Å². The van der Waals surface area contributed by atoms with Crippen LogP contribution in [0.3, 0.4) is 0 Å². The average Bonchev–Trinajstić information content (AvgIpc) is 2.60. The van der Waals surface area contributed by atoms with Crippen molar-refractivity contribution < 1.29 is 4.79 Å². The third-order valence-corrected chi connectivity index (χ3v) is 3.88. The molecule has 1 fully saturated rings. The largest absolute Gasteiger partial charge is 0.353 e. The maximum Gasteiger partial charge on any atom is 0.221 e. The van der Waals surface area contributed by atoms with Gasteiger partial charge in [0.2, 0.25) is 5.91 Å². The molecule has 0 aliphatic heterocycles. The van der Waals surface area contributed by atoms with Gasteiger partial charge in [0, 0.05) is 19.0 Å². The fourth-order valence-electron chi connectivity index (χ4n) is 2.69. The van der Waals surface area contributed by atoms with Gasteiger partial charge in [0.15, 0.2) is 0 Å². The van der Waals surface area contributed by atoms with E-state index in [2.05, 4.69) is 31.4 Å². The summed E-state index contributed by atoms with van der Waals surface area (Å²) in [7, 11) is 0. The highest BCUT2D eigenvalue weighted by Gasteiger charge is 2.32. The summed E-state index contributed by atoms with van der Waals surface area (Å²) in [4.78, 5) is 11.7. The zero-order chi connectivity index (χ0) is 12.0. The van der Waals surface area contributed by atoms with Crippen LogP contribution in [-0.4, -0.2) is 25.0 Å². The molecule has 0 aromatic carbocycles. The normalized spacial score (nSPS) is 29.3. The van der Waals surface area contributed by atoms with E-state index in [9.17, 15) is 4.79 Å². The minimum atomic E-state index is 0.203. The van der Waals surface area contributed by atoms with Gasteiger partial charge in [0.1, 0.15) is 0 Å². The molecule has 1 amide bonds. The second kappa shape index (κ2) is 6.89. The fourth-order valence-corrected chi connectivity index (χ4v) is 2.69. The Kier molecular flexibility index (Phi) is 5.81. The first kappa shape index (κ1) is 13.5. The zero-order valence-electron chi connectivity index (χ0n) is 10.9. The van der Waals surface area contributed by atoms with Gasteiger partial charge in [-0.3, -0.25) is 4.79 Å². The SMILES string of the molecule is CCNCCC(=O)NC1CCC(CC)C1C. The molecular weight excluding hydrogens is 200 g/mol. The quantitative estimate of drug-likeness (QED) is 0.679. The predicted molar refractivity (Wildman–Crippen MR) is 67.3 cm³/mol. The van der Waals surface area contributed by atoms with Gasteiger partial charge >= 0.3 is 0 Å². The summed E-state index contributed by atoms with van der Waals surface area (Å²) >= 11 is 0. The van der Waals surface area contributed by atoms with Gasteiger partial charge in [-0.1, -0.05) is 27.2 Å². The molecule has 1 rings (SSSR count). The summed E-state index contributed by atoms with van der Waals surface area (Å²) in [6, 6.07) is 0.416. The molecule has 3 nitrogen and oxygen atoms in total. The molecule has 16 heavy (non-hydrogen) atoms. The number of rotatable bonds is 6. The second-order valence-corrected chi connectivity index (χ2v) is 4.88. The van der Waals surface area contributed by atoms with Gasteiger partial charge in [0.25, 0.3) is 0 Å². The van der Waals surface area contributed by atoms with Crippen LogP contribution in [0, 0.1) is 11.8 Å². The Morgan fingerprint density at radius 3 is 2.62 bits per heavy atom. The van der Waals surface area contributed by atoms with Crippen LogP contribution in [0.25, 0.3) is 0 Å². The van der Waals surface area contributed by atoms with Crippen LogP contribution in [0.1, 0.15) is 46.5 Å². The van der Waals surface area contributed by atoms with Crippen molar-refractivity contribution in [3.63, 3.8) is 0 Å². The molecule has 3 atom stereocenters. The summed E-state index contributed by atoms with van der Waals surface area (Å²) in [5.74, 6) is 1.65. The predicted octanol–water partition coefficient (Wildman–Crippen LogP) is 1.93. The van der Waals surface area contributed by atoms with E-state index in [4.69, 9.17) is 0 Å². The average molecular weight is 226 g/mol. The molecule has 1 saturated carbocycles. The van der Waals surface area contributed by atoms with Gasteiger partial charge in [-0.2, -0.15) is 0 Å². The monoisotopic (exact) mass is 226 g/mol. The van der Waals surface area contributed by atoms with Gasteiger partial charge in [-0.05, 0) is 31.2 Å². The molecule has 1 aliphatic carbocycles. The van der Waals surface area contributed by atoms with E-state index < -0.39 is 0 Å². The Morgan fingerprint density at radius 2 is 2.06 bits per heavy atom. The highest BCUT2D eigenvalue weighted by molar-refractivity contribution is 5.76. The Hall–Kier alpha value is -0.570. The van der Waals surface area contributed by atoms with Crippen LogP contribution in [-0.2, 0) is 4.79 Å². The van der Waals surface area contributed by atoms with Crippen LogP contribution < -0.4 is 10.6 Å². The molecule has 94 valence electrons. The molecule has 0 heterocycles. The van der Waals surface area contributed by atoms with E-state index in [0.717, 1.165) is 25.4 Å². The standard InChI is InChI=1S/C13H26N2O/c1-4-11-6-7-12(10(11)3)15-13(16)8-9-14-5-2/h10-12,14H,4-9H2,1-3H3,(H,15,16). The number of nitrogens with one attached hydrogen (secondary N) is 2. The molecule has 0 bridgehead atoms. The van der Waals surface area contributed by atoms with Crippen molar-refractivity contribution in [1.82, 2.24) is 10.6 Å². The number of carbonyl (C=O) groups is 1. The molecule has 2 N–H and O–H groups in total. The molecule has 0 radical (unpaired) electrons. The molecular formula is C13H26N2O. The Bertz CT molecular complexity index is 218. The lowest BCUT2D eigenvalue weighted by molar-refractivity contribution is -0.121. The smallest absolute Gasteiger partial charge is 0.221 e. The molecule has 1 aliphatic rings. The van der Waals surface area contributed by atoms with Crippen molar-refractivity contribution in [3.05, 3.63) is 0 Å². The Morgan fingerprint density at radius 1 is 1.31 bits per heavy atom. The maximum absolute atomic E-state index is 11.7. The van der Waals surface area contributed by atoms with Gasteiger partial charge in [0.05, 0.1) is 0 Å². The van der Waals surface area contributed by atoms with Gasteiger partial charge < -0.3 is 10.6 Å². The number of hydrogen-bond donors (Lipinski definition) is 2. The molecule has 0 aromatic heterocycles. The summed E-state index contributed by atoms with van der Waals surface area (Å²) in [6.07, 6.45) is 4.28. The molecule has 0 spiro atoms. The lowest BCUT2D eigenvalue weighted by atomic mass is 9.93. The Labute approximate surface area is 99.4 Å². The van der Waals surface area contributed by atoms with E-state index >= 15 is 0 Å². The van der Waals surface area contributed by atoms with Crippen LogP contribution in [0.4, 0.5) is 0 Å². The maximum atomic E-state index is 11.7. The lowest BCUT2D eigenvalue weighted by Crippen LogP contribution is -2.38. The topological polar surface area (TPSA) is 41.1 Å². The van der Waals surface area contributed by atoms with E-state index in [1.54, 1.807) is 0 Å². The van der Waals surface area contributed by atoms with Crippen LogP contribution in [0.15, 0.2) is 0 Å². The minimum absolute atomic E-state index is 0.203. The van der Waals surface area contributed by atoms with Crippen molar-refractivity contribution in [3.8, 4) is 0 Å². The molecule has 3 unspecified atom stereocenters. The number of carbonyl (C=O) groups excluding carboxylic acids is 1. The third-order valence-electron chi connectivity index (χ3n) is 3.88. The van der Waals surface area contributed by atoms with Gasteiger partial charge in [-0.15, -0.1) is 0 Å². The number of amides is 1. The third kappa shape index (κ3) is 3.78. The second-order valence-electron chi connectivity index (χ2n) is 4.88. The molecule has 0 saturated heterocycles. The zero-order valence-corrected chi connectivity index (χ0v) is 10.9. The fraction of sp³-hybridized carbons (Fsp3) is 0.923. The van der Waals surface area contributed by atoms with Crippen LogP contribution in [0.2, 0.25) is 0 Å². The van der Waals surface area contributed by atoms with E-state index in [0.29, 0.717) is 18.4 Å². The minimum Gasteiger partial charge on any atom is -0.353 e. The van der Waals surface area contributed by atoms with Crippen molar-refractivity contribution in [2.45, 2.75) is 52.5 Å². The summed E-state index contributed by atoms with van der Waals surface area (Å²) in [5.41, 5.74) is 0. The highest BCUT2D eigenvalue weighted by Crippen LogP contribution is 2.33.